The van der Waals surface area contributed by atoms with E-state index in [-0.39, 0.29) is 12.3 Å². The summed E-state index contributed by atoms with van der Waals surface area (Å²) in [6, 6.07) is 3.07. The Hall–Kier alpha value is -1.34. The number of aryl methyl sites for hydroxylation is 1. The van der Waals surface area contributed by atoms with Crippen LogP contribution in [0.4, 0.5) is 13.2 Å². The molecule has 1 heterocycles. The summed E-state index contributed by atoms with van der Waals surface area (Å²) in [6.07, 6.45) is -7.21. The van der Waals surface area contributed by atoms with E-state index in [9.17, 15) is 13.2 Å². The molecule has 0 radical (unpaired) electrons. The molecule has 3 N–H and O–H groups in total. The number of nitrogens with two attached hydrogens (primary N) is 1. The lowest BCUT2D eigenvalue weighted by atomic mass is 10.3. The van der Waals surface area contributed by atoms with Gasteiger partial charge in [-0.3, -0.25) is 4.98 Å². The average molecular weight is 250 g/mol. The number of aliphatic hydroxyl groups is 1. The molecule has 17 heavy (non-hydrogen) atoms. The monoisotopic (exact) mass is 250 g/mol. The van der Waals surface area contributed by atoms with Gasteiger partial charge in [0.1, 0.15) is 12.4 Å². The fourth-order valence-corrected chi connectivity index (χ4v) is 1.14. The SMILES string of the molecule is Cc1ccc(OCC(O)C(F)(F)F)c(CN)n1. The molecule has 0 fully saturated rings. The Balaban J connectivity index is 2.69. The lowest BCUT2D eigenvalue weighted by molar-refractivity contribution is -0.210. The van der Waals surface area contributed by atoms with Gasteiger partial charge in [0.05, 0.1) is 5.69 Å². The van der Waals surface area contributed by atoms with E-state index in [1.807, 2.05) is 0 Å². The summed E-state index contributed by atoms with van der Waals surface area (Å²) >= 11 is 0. The van der Waals surface area contributed by atoms with Crippen molar-refractivity contribution in [3.63, 3.8) is 0 Å². The number of nitrogens with zero attached hydrogens (tertiary/aromatic N) is 1. The van der Waals surface area contributed by atoms with Gasteiger partial charge in [0, 0.05) is 12.2 Å². The van der Waals surface area contributed by atoms with Crippen LogP contribution in [-0.4, -0.2) is 29.0 Å². The maximum atomic E-state index is 12.0. The molecule has 96 valence electrons. The van der Waals surface area contributed by atoms with Gasteiger partial charge < -0.3 is 15.6 Å². The van der Waals surface area contributed by atoms with Gasteiger partial charge in [-0.05, 0) is 19.1 Å². The van der Waals surface area contributed by atoms with E-state index in [0.717, 1.165) is 0 Å². The molecule has 0 saturated carbocycles. The molecule has 1 unspecified atom stereocenters. The van der Waals surface area contributed by atoms with Gasteiger partial charge in [-0.1, -0.05) is 0 Å². The van der Waals surface area contributed by atoms with Crippen molar-refractivity contribution < 1.29 is 23.0 Å². The first-order chi connectivity index (χ1) is 7.84. The number of pyridine rings is 1. The van der Waals surface area contributed by atoms with E-state index in [0.29, 0.717) is 11.4 Å². The van der Waals surface area contributed by atoms with Crippen LogP contribution in [-0.2, 0) is 6.54 Å². The minimum Gasteiger partial charge on any atom is -0.489 e. The highest BCUT2D eigenvalue weighted by Gasteiger charge is 2.38. The highest BCUT2D eigenvalue weighted by atomic mass is 19.4. The van der Waals surface area contributed by atoms with Gasteiger partial charge in [-0.15, -0.1) is 0 Å². The van der Waals surface area contributed by atoms with E-state index >= 15 is 0 Å². The van der Waals surface area contributed by atoms with Crippen LogP contribution in [0.25, 0.3) is 0 Å². The fourth-order valence-electron chi connectivity index (χ4n) is 1.14. The Morgan fingerprint density at radius 3 is 2.65 bits per heavy atom. The Labute approximate surface area is 96.2 Å². The smallest absolute Gasteiger partial charge is 0.417 e. The summed E-state index contributed by atoms with van der Waals surface area (Å²) in [4.78, 5) is 4.02. The third-order valence-electron chi connectivity index (χ3n) is 2.04. The van der Waals surface area contributed by atoms with Gasteiger partial charge >= 0.3 is 6.18 Å². The van der Waals surface area contributed by atoms with Crippen LogP contribution in [0.1, 0.15) is 11.4 Å². The molecule has 0 aromatic carbocycles. The van der Waals surface area contributed by atoms with E-state index in [1.165, 1.54) is 6.07 Å². The van der Waals surface area contributed by atoms with E-state index < -0.39 is 18.9 Å². The van der Waals surface area contributed by atoms with Gasteiger partial charge in [-0.25, -0.2) is 0 Å². The Morgan fingerprint density at radius 1 is 1.47 bits per heavy atom. The third-order valence-corrected chi connectivity index (χ3v) is 2.04. The topological polar surface area (TPSA) is 68.4 Å². The molecule has 1 aromatic rings. The summed E-state index contributed by atoms with van der Waals surface area (Å²) in [5.74, 6) is 0.154. The highest BCUT2D eigenvalue weighted by Crippen LogP contribution is 2.22. The van der Waals surface area contributed by atoms with Crippen LogP contribution in [0, 0.1) is 6.92 Å². The number of aliphatic hydroxyl groups excluding tert-OH is 1. The molecular weight excluding hydrogens is 237 g/mol. The summed E-state index contributed by atoms with van der Waals surface area (Å²) in [5.41, 5.74) is 6.43. The predicted octanol–water partition coefficient (Wildman–Crippen LogP) is 1.15. The number of halogens is 3. The molecule has 4 nitrogen and oxygen atoms in total. The number of hydrogen-bond acceptors (Lipinski definition) is 4. The van der Waals surface area contributed by atoms with Crippen molar-refractivity contribution in [1.82, 2.24) is 4.98 Å². The third kappa shape index (κ3) is 3.86. The maximum absolute atomic E-state index is 12.0. The second kappa shape index (κ2) is 5.33. The lowest BCUT2D eigenvalue weighted by Gasteiger charge is -2.16. The van der Waals surface area contributed by atoms with Crippen molar-refractivity contribution in [2.24, 2.45) is 5.73 Å². The molecule has 0 aliphatic heterocycles. The minimum atomic E-state index is -4.69. The quantitative estimate of drug-likeness (QED) is 0.841. The van der Waals surface area contributed by atoms with E-state index in [2.05, 4.69) is 4.98 Å². The molecular formula is C10H13F3N2O2. The van der Waals surface area contributed by atoms with Gasteiger partial charge in [0.15, 0.2) is 6.10 Å². The zero-order valence-corrected chi connectivity index (χ0v) is 9.16. The van der Waals surface area contributed by atoms with Crippen LogP contribution in [0.5, 0.6) is 5.75 Å². The van der Waals surface area contributed by atoms with Crippen LogP contribution >= 0.6 is 0 Å². The van der Waals surface area contributed by atoms with E-state index in [1.54, 1.807) is 13.0 Å². The minimum absolute atomic E-state index is 0.0547. The number of hydrogen-bond donors (Lipinski definition) is 2. The van der Waals surface area contributed by atoms with Crippen LogP contribution in [0.2, 0.25) is 0 Å². The Kier molecular flexibility index (Phi) is 4.30. The summed E-state index contributed by atoms with van der Waals surface area (Å²) in [7, 11) is 0. The summed E-state index contributed by atoms with van der Waals surface area (Å²) in [5, 5.41) is 8.76. The first-order valence-electron chi connectivity index (χ1n) is 4.88. The fraction of sp³-hybridized carbons (Fsp3) is 0.500. The van der Waals surface area contributed by atoms with Gasteiger partial charge in [0.2, 0.25) is 0 Å². The Bertz CT molecular complexity index is 382. The lowest BCUT2D eigenvalue weighted by Crippen LogP contribution is -2.34. The second-order valence-corrected chi connectivity index (χ2v) is 3.47. The van der Waals surface area contributed by atoms with Crippen molar-refractivity contribution in [1.29, 1.82) is 0 Å². The number of ether oxygens (including phenoxy) is 1. The maximum Gasteiger partial charge on any atom is 0.417 e. The molecule has 0 aliphatic carbocycles. The van der Waals surface area contributed by atoms with E-state index in [4.69, 9.17) is 15.6 Å². The predicted molar refractivity (Wildman–Crippen MR) is 54.4 cm³/mol. The largest absolute Gasteiger partial charge is 0.489 e. The standard InChI is InChI=1S/C10H13F3N2O2/c1-6-2-3-8(7(4-14)15-6)17-5-9(16)10(11,12)13/h2-3,9,16H,4-5,14H2,1H3. The zero-order chi connectivity index (χ0) is 13.1. The molecule has 1 rings (SSSR count). The summed E-state index contributed by atoms with van der Waals surface area (Å²) < 4.78 is 40.9. The number of rotatable bonds is 4. The zero-order valence-electron chi connectivity index (χ0n) is 9.16. The molecule has 1 atom stereocenters. The van der Waals surface area contributed by atoms with Crippen molar-refractivity contribution in [2.75, 3.05) is 6.61 Å². The summed E-state index contributed by atoms with van der Waals surface area (Å²) in [6.45, 7) is 0.911. The molecule has 0 saturated heterocycles. The molecule has 0 aliphatic rings. The van der Waals surface area contributed by atoms with Crippen molar-refractivity contribution in [3.8, 4) is 5.75 Å². The normalized spacial score (nSPS) is 13.5. The average Bonchev–Trinajstić information content (AvgIpc) is 2.25. The molecule has 0 spiro atoms. The highest BCUT2D eigenvalue weighted by molar-refractivity contribution is 5.29. The molecule has 1 aromatic heterocycles. The number of alkyl halides is 3. The first kappa shape index (κ1) is 13.7. The number of aromatic nitrogens is 1. The first-order valence-corrected chi connectivity index (χ1v) is 4.88. The van der Waals surface area contributed by atoms with Gasteiger partial charge in [0.25, 0.3) is 0 Å². The molecule has 0 bridgehead atoms. The van der Waals surface area contributed by atoms with Crippen LogP contribution in [0.3, 0.4) is 0 Å². The van der Waals surface area contributed by atoms with Crippen LogP contribution < -0.4 is 10.5 Å². The van der Waals surface area contributed by atoms with Crippen molar-refractivity contribution in [2.45, 2.75) is 25.7 Å². The molecule has 0 amide bonds. The molecule has 7 heteroatoms. The van der Waals surface area contributed by atoms with Crippen molar-refractivity contribution in [3.05, 3.63) is 23.5 Å². The second-order valence-electron chi connectivity index (χ2n) is 3.47. The van der Waals surface area contributed by atoms with Crippen LogP contribution in [0.15, 0.2) is 12.1 Å². The van der Waals surface area contributed by atoms with Gasteiger partial charge in [-0.2, -0.15) is 13.2 Å². The Morgan fingerprint density at radius 2 is 2.12 bits per heavy atom. The van der Waals surface area contributed by atoms with Crippen molar-refractivity contribution >= 4 is 0 Å².